The van der Waals surface area contributed by atoms with Gasteiger partial charge in [-0.1, -0.05) is 0 Å². The summed E-state index contributed by atoms with van der Waals surface area (Å²) in [5, 5.41) is 0. The highest BCUT2D eigenvalue weighted by atomic mass is 16.5. The Morgan fingerprint density at radius 2 is 2.00 bits per heavy atom. The first kappa shape index (κ1) is 15.8. The van der Waals surface area contributed by atoms with Crippen molar-refractivity contribution in [2.45, 2.75) is 13.0 Å². The van der Waals surface area contributed by atoms with Crippen molar-refractivity contribution < 1.29 is 14.3 Å². The third-order valence-electron chi connectivity index (χ3n) is 3.57. The number of aromatic nitrogens is 2. The van der Waals surface area contributed by atoms with Crippen molar-refractivity contribution in [3.63, 3.8) is 0 Å². The summed E-state index contributed by atoms with van der Waals surface area (Å²) in [5.74, 6) is 0.969. The van der Waals surface area contributed by atoms with Crippen LogP contribution in [0.25, 0.3) is 0 Å². The lowest BCUT2D eigenvalue weighted by molar-refractivity contribution is 0.0736. The fourth-order valence-electron chi connectivity index (χ4n) is 2.09. The van der Waals surface area contributed by atoms with E-state index in [4.69, 9.17) is 9.47 Å². The van der Waals surface area contributed by atoms with E-state index in [0.717, 1.165) is 5.69 Å². The number of hydrogen-bond donors (Lipinski definition) is 0. The van der Waals surface area contributed by atoms with E-state index in [1.807, 2.05) is 6.92 Å². The largest absolute Gasteiger partial charge is 0.497 e. The molecule has 6 heteroatoms. The van der Waals surface area contributed by atoms with Gasteiger partial charge in [-0.15, -0.1) is 0 Å². The quantitative estimate of drug-likeness (QED) is 0.848. The van der Waals surface area contributed by atoms with Gasteiger partial charge in [-0.2, -0.15) is 0 Å². The molecular formula is C16H19N3O3. The summed E-state index contributed by atoms with van der Waals surface area (Å²) >= 11 is 0. The van der Waals surface area contributed by atoms with Crippen molar-refractivity contribution in [2.75, 3.05) is 21.3 Å². The van der Waals surface area contributed by atoms with Crippen LogP contribution in [0.4, 0.5) is 0 Å². The molecule has 1 aromatic carbocycles. The Kier molecular flexibility index (Phi) is 4.93. The summed E-state index contributed by atoms with van der Waals surface area (Å²) in [5.41, 5.74) is 1.25. The molecule has 0 unspecified atom stereocenters. The van der Waals surface area contributed by atoms with Gasteiger partial charge in [0.05, 0.1) is 31.5 Å². The summed E-state index contributed by atoms with van der Waals surface area (Å²) in [4.78, 5) is 22.4. The van der Waals surface area contributed by atoms with Crippen LogP contribution in [0.5, 0.6) is 11.5 Å². The standard InChI is InChI=1S/C16H19N3O3/c1-11(14-7-8-17-10-18-14)19(2)16(20)13-6-5-12(21-3)9-15(13)22-4/h5-11H,1-4H3/t11-/m0/s1. The molecule has 1 amide bonds. The van der Waals surface area contributed by atoms with Gasteiger partial charge in [0, 0.05) is 19.3 Å². The molecule has 0 aliphatic carbocycles. The second kappa shape index (κ2) is 6.89. The van der Waals surface area contributed by atoms with Gasteiger partial charge in [0.25, 0.3) is 5.91 Å². The maximum absolute atomic E-state index is 12.7. The van der Waals surface area contributed by atoms with Gasteiger partial charge in [-0.25, -0.2) is 9.97 Å². The predicted molar refractivity (Wildman–Crippen MR) is 82.1 cm³/mol. The minimum Gasteiger partial charge on any atom is -0.497 e. The van der Waals surface area contributed by atoms with Crippen LogP contribution in [0.3, 0.4) is 0 Å². The second-order valence-corrected chi connectivity index (χ2v) is 4.79. The van der Waals surface area contributed by atoms with Crippen LogP contribution in [-0.4, -0.2) is 42.0 Å². The highest BCUT2D eigenvalue weighted by Crippen LogP contribution is 2.27. The van der Waals surface area contributed by atoms with Crippen molar-refractivity contribution in [3.05, 3.63) is 48.0 Å². The van der Waals surface area contributed by atoms with Gasteiger partial charge < -0.3 is 14.4 Å². The van der Waals surface area contributed by atoms with E-state index in [9.17, 15) is 4.79 Å². The smallest absolute Gasteiger partial charge is 0.257 e. The van der Waals surface area contributed by atoms with E-state index >= 15 is 0 Å². The maximum Gasteiger partial charge on any atom is 0.257 e. The van der Waals surface area contributed by atoms with Crippen molar-refractivity contribution in [1.82, 2.24) is 14.9 Å². The summed E-state index contributed by atoms with van der Waals surface area (Å²) in [6.45, 7) is 1.91. The van der Waals surface area contributed by atoms with Gasteiger partial charge in [-0.3, -0.25) is 4.79 Å². The van der Waals surface area contributed by atoms with Gasteiger partial charge in [0.1, 0.15) is 17.8 Å². The van der Waals surface area contributed by atoms with E-state index < -0.39 is 0 Å². The van der Waals surface area contributed by atoms with Crippen LogP contribution in [0.2, 0.25) is 0 Å². The minimum absolute atomic E-state index is 0.148. The Bertz CT molecular complexity index is 646. The Labute approximate surface area is 129 Å². The Hall–Kier alpha value is -2.63. The number of carbonyl (C=O) groups excluding carboxylic acids is 1. The monoisotopic (exact) mass is 301 g/mol. The Balaban J connectivity index is 2.27. The molecule has 0 saturated heterocycles. The molecule has 0 aliphatic rings. The molecule has 0 fully saturated rings. The zero-order valence-corrected chi connectivity index (χ0v) is 13.1. The van der Waals surface area contributed by atoms with Crippen LogP contribution in [0.1, 0.15) is 29.0 Å². The third kappa shape index (κ3) is 3.16. The molecule has 2 rings (SSSR count). The number of rotatable bonds is 5. The van der Waals surface area contributed by atoms with Crippen LogP contribution in [-0.2, 0) is 0 Å². The summed E-state index contributed by atoms with van der Waals surface area (Å²) in [6, 6.07) is 6.74. The summed E-state index contributed by atoms with van der Waals surface area (Å²) in [7, 11) is 4.83. The summed E-state index contributed by atoms with van der Waals surface area (Å²) in [6.07, 6.45) is 3.13. The van der Waals surface area contributed by atoms with E-state index in [1.165, 1.54) is 13.4 Å². The van der Waals surface area contributed by atoms with E-state index in [1.54, 1.807) is 49.5 Å². The van der Waals surface area contributed by atoms with E-state index in [-0.39, 0.29) is 11.9 Å². The third-order valence-corrected chi connectivity index (χ3v) is 3.57. The molecule has 116 valence electrons. The van der Waals surface area contributed by atoms with Crippen LogP contribution in [0, 0.1) is 0 Å². The Morgan fingerprint density at radius 3 is 2.59 bits per heavy atom. The lowest BCUT2D eigenvalue weighted by Crippen LogP contribution is -2.30. The van der Waals surface area contributed by atoms with E-state index in [0.29, 0.717) is 17.1 Å². The number of carbonyl (C=O) groups is 1. The van der Waals surface area contributed by atoms with Crippen LogP contribution < -0.4 is 9.47 Å². The van der Waals surface area contributed by atoms with Crippen LogP contribution >= 0.6 is 0 Å². The second-order valence-electron chi connectivity index (χ2n) is 4.79. The molecule has 1 heterocycles. The topological polar surface area (TPSA) is 64.5 Å². The van der Waals surface area contributed by atoms with Gasteiger partial charge in [0.15, 0.2) is 0 Å². The SMILES string of the molecule is COc1ccc(C(=O)N(C)[C@@H](C)c2ccncn2)c(OC)c1. The highest BCUT2D eigenvalue weighted by Gasteiger charge is 2.22. The number of benzene rings is 1. The molecule has 6 nitrogen and oxygen atoms in total. The zero-order valence-electron chi connectivity index (χ0n) is 13.1. The molecule has 1 aromatic heterocycles. The average molecular weight is 301 g/mol. The minimum atomic E-state index is -0.178. The zero-order chi connectivity index (χ0) is 16.1. The molecule has 0 saturated carbocycles. The van der Waals surface area contributed by atoms with Crippen molar-refractivity contribution in [2.24, 2.45) is 0 Å². The number of hydrogen-bond acceptors (Lipinski definition) is 5. The van der Waals surface area contributed by atoms with Gasteiger partial charge in [-0.05, 0) is 25.1 Å². The van der Waals surface area contributed by atoms with Gasteiger partial charge in [0.2, 0.25) is 0 Å². The average Bonchev–Trinajstić information content (AvgIpc) is 2.59. The fourth-order valence-corrected chi connectivity index (χ4v) is 2.09. The van der Waals surface area contributed by atoms with Crippen molar-refractivity contribution in [1.29, 1.82) is 0 Å². The number of methoxy groups -OCH3 is 2. The molecule has 0 aliphatic heterocycles. The first-order valence-electron chi connectivity index (χ1n) is 6.83. The Morgan fingerprint density at radius 1 is 1.23 bits per heavy atom. The number of ether oxygens (including phenoxy) is 2. The highest BCUT2D eigenvalue weighted by molar-refractivity contribution is 5.97. The molecule has 0 radical (unpaired) electrons. The molecule has 1 atom stereocenters. The van der Waals surface area contributed by atoms with Gasteiger partial charge >= 0.3 is 0 Å². The number of amides is 1. The molecule has 0 bridgehead atoms. The first-order valence-corrected chi connectivity index (χ1v) is 6.83. The predicted octanol–water partition coefficient (Wildman–Crippen LogP) is 2.33. The number of nitrogens with zero attached hydrogens (tertiary/aromatic N) is 3. The summed E-state index contributed by atoms with van der Waals surface area (Å²) < 4.78 is 10.4. The van der Waals surface area contributed by atoms with Crippen molar-refractivity contribution >= 4 is 5.91 Å². The lowest BCUT2D eigenvalue weighted by atomic mass is 10.1. The van der Waals surface area contributed by atoms with E-state index in [2.05, 4.69) is 9.97 Å². The molecule has 0 N–H and O–H groups in total. The molecule has 22 heavy (non-hydrogen) atoms. The van der Waals surface area contributed by atoms with Crippen LogP contribution in [0.15, 0.2) is 36.8 Å². The molecule has 0 spiro atoms. The normalized spacial score (nSPS) is 11.6. The molecular weight excluding hydrogens is 282 g/mol. The maximum atomic E-state index is 12.7. The lowest BCUT2D eigenvalue weighted by Gasteiger charge is -2.25. The fraction of sp³-hybridized carbons (Fsp3) is 0.312. The molecule has 2 aromatic rings. The van der Waals surface area contributed by atoms with Crippen molar-refractivity contribution in [3.8, 4) is 11.5 Å². The first-order chi connectivity index (χ1) is 10.6.